The van der Waals surface area contributed by atoms with Crippen molar-refractivity contribution in [3.63, 3.8) is 0 Å². The average Bonchev–Trinajstić information content (AvgIpc) is 2.25. The van der Waals surface area contributed by atoms with Crippen LogP contribution in [0.15, 0.2) is 30.3 Å². The summed E-state index contributed by atoms with van der Waals surface area (Å²) in [6.45, 7) is 0. The first kappa shape index (κ1) is 13.4. The SMILES string of the molecule is OC1CC(NC(CC(F)(F)F)c2ccccc2)C1. The fourth-order valence-corrected chi connectivity index (χ4v) is 2.20. The van der Waals surface area contributed by atoms with Gasteiger partial charge in [0.1, 0.15) is 0 Å². The minimum Gasteiger partial charge on any atom is -0.393 e. The van der Waals surface area contributed by atoms with E-state index in [0.29, 0.717) is 18.4 Å². The molecule has 1 aromatic carbocycles. The van der Waals surface area contributed by atoms with Gasteiger partial charge in [0.05, 0.1) is 12.5 Å². The highest BCUT2D eigenvalue weighted by molar-refractivity contribution is 5.19. The van der Waals surface area contributed by atoms with Crippen molar-refractivity contribution in [1.29, 1.82) is 0 Å². The Morgan fingerprint density at radius 3 is 2.33 bits per heavy atom. The predicted octanol–water partition coefficient (Wildman–Crippen LogP) is 2.79. The van der Waals surface area contributed by atoms with E-state index < -0.39 is 18.6 Å². The molecule has 1 saturated carbocycles. The maximum Gasteiger partial charge on any atom is 0.390 e. The van der Waals surface area contributed by atoms with E-state index in [2.05, 4.69) is 5.32 Å². The number of hydrogen-bond acceptors (Lipinski definition) is 2. The number of rotatable bonds is 4. The summed E-state index contributed by atoms with van der Waals surface area (Å²) in [5.74, 6) is 0. The molecule has 0 amide bonds. The number of halogens is 3. The summed E-state index contributed by atoms with van der Waals surface area (Å²) < 4.78 is 37.7. The summed E-state index contributed by atoms with van der Waals surface area (Å²) in [6.07, 6.45) is -4.40. The van der Waals surface area contributed by atoms with Crippen molar-refractivity contribution in [2.24, 2.45) is 0 Å². The summed E-state index contributed by atoms with van der Waals surface area (Å²) in [6, 6.07) is 7.88. The third-order valence-corrected chi connectivity index (χ3v) is 3.19. The molecule has 2 rings (SSSR count). The predicted molar refractivity (Wildman–Crippen MR) is 62.0 cm³/mol. The lowest BCUT2D eigenvalue weighted by Crippen LogP contribution is -2.46. The van der Waals surface area contributed by atoms with E-state index in [9.17, 15) is 18.3 Å². The van der Waals surface area contributed by atoms with Gasteiger partial charge in [-0.15, -0.1) is 0 Å². The van der Waals surface area contributed by atoms with E-state index in [0.717, 1.165) is 0 Å². The van der Waals surface area contributed by atoms with Crippen molar-refractivity contribution in [1.82, 2.24) is 5.32 Å². The third kappa shape index (κ3) is 3.71. The van der Waals surface area contributed by atoms with E-state index in [1.54, 1.807) is 30.3 Å². The van der Waals surface area contributed by atoms with Gasteiger partial charge in [0.25, 0.3) is 0 Å². The Morgan fingerprint density at radius 2 is 1.83 bits per heavy atom. The monoisotopic (exact) mass is 259 g/mol. The molecule has 2 nitrogen and oxygen atoms in total. The molecule has 100 valence electrons. The van der Waals surface area contributed by atoms with Gasteiger partial charge in [0, 0.05) is 12.1 Å². The zero-order valence-electron chi connectivity index (χ0n) is 9.82. The van der Waals surface area contributed by atoms with Crippen molar-refractivity contribution >= 4 is 0 Å². The standard InChI is InChI=1S/C13H16F3NO/c14-13(15,16)8-12(9-4-2-1-3-5-9)17-10-6-11(18)7-10/h1-5,10-12,17-18H,6-8H2. The molecule has 5 heteroatoms. The molecule has 0 bridgehead atoms. The van der Waals surface area contributed by atoms with Crippen LogP contribution in [0.5, 0.6) is 0 Å². The van der Waals surface area contributed by atoms with Crippen LogP contribution in [0, 0.1) is 0 Å². The molecule has 18 heavy (non-hydrogen) atoms. The molecule has 1 fully saturated rings. The molecule has 0 heterocycles. The van der Waals surface area contributed by atoms with Crippen molar-refractivity contribution in [2.45, 2.75) is 43.6 Å². The molecule has 0 spiro atoms. The van der Waals surface area contributed by atoms with E-state index in [-0.39, 0.29) is 12.1 Å². The lowest BCUT2D eigenvalue weighted by Gasteiger charge is -2.36. The lowest BCUT2D eigenvalue weighted by atomic mass is 9.88. The fraction of sp³-hybridized carbons (Fsp3) is 0.538. The Kier molecular flexibility index (Phi) is 3.92. The third-order valence-electron chi connectivity index (χ3n) is 3.19. The van der Waals surface area contributed by atoms with Crippen LogP contribution in [-0.4, -0.2) is 23.4 Å². The molecule has 2 N–H and O–H groups in total. The van der Waals surface area contributed by atoms with Crippen LogP contribution < -0.4 is 5.32 Å². The minimum absolute atomic E-state index is 0.0208. The van der Waals surface area contributed by atoms with Gasteiger partial charge in [0.15, 0.2) is 0 Å². The van der Waals surface area contributed by atoms with Crippen LogP contribution in [0.1, 0.15) is 30.9 Å². The molecular weight excluding hydrogens is 243 g/mol. The summed E-state index contributed by atoms with van der Waals surface area (Å²) in [4.78, 5) is 0. The first-order valence-corrected chi connectivity index (χ1v) is 6.00. The van der Waals surface area contributed by atoms with Crippen LogP contribution in [0.4, 0.5) is 13.2 Å². The topological polar surface area (TPSA) is 32.3 Å². The Morgan fingerprint density at radius 1 is 1.22 bits per heavy atom. The van der Waals surface area contributed by atoms with E-state index in [4.69, 9.17) is 0 Å². The maximum atomic E-state index is 12.6. The molecule has 0 aromatic heterocycles. The highest BCUT2D eigenvalue weighted by Crippen LogP contribution is 2.32. The summed E-state index contributed by atoms with van der Waals surface area (Å²) in [7, 11) is 0. The van der Waals surface area contributed by atoms with E-state index in [1.807, 2.05) is 0 Å². The summed E-state index contributed by atoms with van der Waals surface area (Å²) >= 11 is 0. The highest BCUT2D eigenvalue weighted by atomic mass is 19.4. The van der Waals surface area contributed by atoms with Gasteiger partial charge in [-0.05, 0) is 18.4 Å². The molecule has 1 aliphatic rings. The normalized spacial score (nSPS) is 25.6. The molecule has 1 atom stereocenters. The number of benzene rings is 1. The zero-order valence-corrected chi connectivity index (χ0v) is 9.82. The first-order chi connectivity index (χ1) is 8.44. The Balaban J connectivity index is 2.03. The number of aliphatic hydroxyl groups is 1. The van der Waals surface area contributed by atoms with Gasteiger partial charge >= 0.3 is 6.18 Å². The van der Waals surface area contributed by atoms with Crippen molar-refractivity contribution < 1.29 is 18.3 Å². The summed E-state index contributed by atoms with van der Waals surface area (Å²) in [5.41, 5.74) is 0.635. The van der Waals surface area contributed by atoms with Gasteiger partial charge in [-0.3, -0.25) is 0 Å². The molecule has 0 saturated heterocycles. The van der Waals surface area contributed by atoms with Crippen LogP contribution >= 0.6 is 0 Å². The van der Waals surface area contributed by atoms with Crippen LogP contribution in [-0.2, 0) is 0 Å². The van der Waals surface area contributed by atoms with Crippen LogP contribution in [0.3, 0.4) is 0 Å². The second kappa shape index (κ2) is 5.28. The highest BCUT2D eigenvalue weighted by Gasteiger charge is 2.36. The molecule has 1 aromatic rings. The average molecular weight is 259 g/mol. The second-order valence-corrected chi connectivity index (χ2v) is 4.77. The van der Waals surface area contributed by atoms with Crippen LogP contribution in [0.2, 0.25) is 0 Å². The Bertz CT molecular complexity index is 374. The Hall–Kier alpha value is -1.07. The molecule has 0 radical (unpaired) electrons. The van der Waals surface area contributed by atoms with Crippen molar-refractivity contribution in [3.8, 4) is 0 Å². The first-order valence-electron chi connectivity index (χ1n) is 6.00. The largest absolute Gasteiger partial charge is 0.393 e. The fourth-order valence-electron chi connectivity index (χ4n) is 2.20. The van der Waals surface area contributed by atoms with Gasteiger partial charge in [-0.1, -0.05) is 30.3 Å². The van der Waals surface area contributed by atoms with Crippen LogP contribution in [0.25, 0.3) is 0 Å². The maximum absolute atomic E-state index is 12.6. The smallest absolute Gasteiger partial charge is 0.390 e. The van der Waals surface area contributed by atoms with Crippen molar-refractivity contribution in [3.05, 3.63) is 35.9 Å². The number of nitrogens with one attached hydrogen (secondary N) is 1. The lowest BCUT2D eigenvalue weighted by molar-refractivity contribution is -0.141. The Labute approximate surface area is 104 Å². The van der Waals surface area contributed by atoms with Gasteiger partial charge in [-0.2, -0.15) is 13.2 Å². The molecule has 1 unspecified atom stereocenters. The number of hydrogen-bond donors (Lipinski definition) is 2. The van der Waals surface area contributed by atoms with E-state index >= 15 is 0 Å². The zero-order chi connectivity index (χ0) is 13.2. The van der Waals surface area contributed by atoms with Gasteiger partial charge in [-0.25, -0.2) is 0 Å². The number of aliphatic hydroxyl groups excluding tert-OH is 1. The van der Waals surface area contributed by atoms with Crippen molar-refractivity contribution in [2.75, 3.05) is 0 Å². The minimum atomic E-state index is -4.20. The van der Waals surface area contributed by atoms with Gasteiger partial charge in [0.2, 0.25) is 0 Å². The quantitative estimate of drug-likeness (QED) is 0.871. The second-order valence-electron chi connectivity index (χ2n) is 4.77. The molecular formula is C13H16F3NO. The van der Waals surface area contributed by atoms with E-state index in [1.165, 1.54) is 0 Å². The number of alkyl halides is 3. The van der Waals surface area contributed by atoms with Gasteiger partial charge < -0.3 is 10.4 Å². The molecule has 1 aliphatic carbocycles. The summed E-state index contributed by atoms with van der Waals surface area (Å²) in [5, 5.41) is 12.1. The molecule has 0 aliphatic heterocycles.